The normalized spacial score (nSPS) is 27.0. The summed E-state index contributed by atoms with van der Waals surface area (Å²) in [5.74, 6) is 1.59. The lowest BCUT2D eigenvalue weighted by atomic mass is 9.91. The van der Waals surface area contributed by atoms with Crippen molar-refractivity contribution in [3.63, 3.8) is 0 Å². The number of carbonyl (C=O) groups excluding carboxylic acids is 1. The van der Waals surface area contributed by atoms with Crippen LogP contribution in [-0.4, -0.2) is 52.0 Å². The topological polar surface area (TPSA) is 78.6 Å². The molecule has 0 aliphatic carbocycles. The zero-order valence-electron chi connectivity index (χ0n) is 19.6. The highest BCUT2D eigenvalue weighted by atomic mass is 32.2. The van der Waals surface area contributed by atoms with Crippen molar-refractivity contribution in [3.05, 3.63) is 31.9 Å². The number of carbonyl (C=O) groups is 1. The Morgan fingerprint density at radius 2 is 1.97 bits per heavy atom. The van der Waals surface area contributed by atoms with Crippen LogP contribution in [0.3, 0.4) is 0 Å². The van der Waals surface area contributed by atoms with Crippen LogP contribution < -0.4 is 10.5 Å². The van der Waals surface area contributed by atoms with Crippen LogP contribution >= 0.6 is 24.0 Å². The van der Waals surface area contributed by atoms with Crippen molar-refractivity contribution in [2.24, 2.45) is 18.9 Å². The van der Waals surface area contributed by atoms with Crippen LogP contribution in [0, 0.1) is 30.1 Å². The second-order valence-electron chi connectivity index (χ2n) is 9.49. The summed E-state index contributed by atoms with van der Waals surface area (Å²) in [6, 6.07) is 2.07. The second-order valence-corrected chi connectivity index (χ2v) is 11.2. The summed E-state index contributed by atoms with van der Waals surface area (Å²) in [5, 5.41) is 9.68. The minimum atomic E-state index is -0.307. The third-order valence-electron chi connectivity index (χ3n) is 6.70. The third-order valence-corrected chi connectivity index (χ3v) is 8.07. The minimum absolute atomic E-state index is 0.0169. The minimum Gasteiger partial charge on any atom is -0.376 e. The fraction of sp³-hybridized carbons (Fsp3) is 0.583. The molecule has 0 bridgehead atoms. The van der Waals surface area contributed by atoms with Gasteiger partial charge in [0, 0.05) is 32.3 Å². The molecular formula is C24H30N4O3S2. The first-order valence-corrected chi connectivity index (χ1v) is 12.7. The summed E-state index contributed by atoms with van der Waals surface area (Å²) >= 11 is 6.79. The Labute approximate surface area is 204 Å². The number of piperidine rings is 1. The van der Waals surface area contributed by atoms with Crippen LogP contribution in [0.2, 0.25) is 0 Å². The van der Waals surface area contributed by atoms with E-state index >= 15 is 0 Å². The maximum Gasteiger partial charge on any atom is 0.270 e. The van der Waals surface area contributed by atoms with E-state index in [4.69, 9.17) is 17.0 Å². The summed E-state index contributed by atoms with van der Waals surface area (Å²) in [4.78, 5) is 30.6. The Balaban J connectivity index is 1.78. The second kappa shape index (κ2) is 9.61. The van der Waals surface area contributed by atoms with Gasteiger partial charge in [0.15, 0.2) is 0 Å². The average molecular weight is 487 g/mol. The highest BCUT2D eigenvalue weighted by Crippen LogP contribution is 2.37. The first-order valence-electron chi connectivity index (χ1n) is 11.5. The van der Waals surface area contributed by atoms with E-state index < -0.39 is 0 Å². The van der Waals surface area contributed by atoms with Crippen LogP contribution in [0.5, 0.6) is 0 Å². The molecule has 33 heavy (non-hydrogen) atoms. The fourth-order valence-electron chi connectivity index (χ4n) is 5.21. The third kappa shape index (κ3) is 4.61. The number of rotatable bonds is 4. The molecule has 176 valence electrons. The Bertz CT molecular complexity index is 1100. The van der Waals surface area contributed by atoms with E-state index in [0.29, 0.717) is 33.2 Å². The molecular weight excluding hydrogens is 456 g/mol. The predicted octanol–water partition coefficient (Wildman–Crippen LogP) is 3.43. The number of nitrogens with zero attached hydrogens (tertiary/aromatic N) is 4. The molecule has 3 fully saturated rings. The molecule has 9 heteroatoms. The van der Waals surface area contributed by atoms with Gasteiger partial charge in [0.1, 0.15) is 21.8 Å². The molecule has 3 unspecified atom stereocenters. The van der Waals surface area contributed by atoms with Crippen molar-refractivity contribution >= 4 is 46.1 Å². The number of amides is 1. The number of thiocarbonyl (C=S) groups is 1. The number of anilines is 1. The fourth-order valence-corrected chi connectivity index (χ4v) is 6.47. The van der Waals surface area contributed by atoms with Gasteiger partial charge in [-0.3, -0.25) is 19.1 Å². The monoisotopic (exact) mass is 486 g/mol. The molecule has 0 radical (unpaired) electrons. The number of aromatic nitrogens is 1. The van der Waals surface area contributed by atoms with Gasteiger partial charge in [-0.05, 0) is 49.7 Å². The van der Waals surface area contributed by atoms with Crippen LogP contribution in [0.4, 0.5) is 5.82 Å². The van der Waals surface area contributed by atoms with E-state index in [1.54, 1.807) is 23.4 Å². The number of hydrogen-bond donors (Lipinski definition) is 0. The molecule has 0 N–H and O–H groups in total. The van der Waals surface area contributed by atoms with Crippen molar-refractivity contribution in [2.45, 2.75) is 46.1 Å². The Hall–Kier alpha value is -2.15. The molecule has 0 aromatic carbocycles. The van der Waals surface area contributed by atoms with Gasteiger partial charge in [-0.15, -0.1) is 0 Å². The van der Waals surface area contributed by atoms with Gasteiger partial charge in [-0.25, -0.2) is 0 Å². The molecule has 3 atom stereocenters. The van der Waals surface area contributed by atoms with Crippen molar-refractivity contribution in [1.82, 2.24) is 9.47 Å². The Morgan fingerprint density at radius 3 is 2.58 bits per heavy atom. The van der Waals surface area contributed by atoms with Crippen LogP contribution in [0.25, 0.3) is 6.08 Å². The molecule has 1 amide bonds. The van der Waals surface area contributed by atoms with Gasteiger partial charge in [0.25, 0.3) is 11.5 Å². The largest absolute Gasteiger partial charge is 0.376 e. The zero-order valence-corrected chi connectivity index (χ0v) is 21.2. The molecule has 0 saturated carbocycles. The van der Waals surface area contributed by atoms with Crippen molar-refractivity contribution < 1.29 is 9.53 Å². The van der Waals surface area contributed by atoms with Crippen molar-refractivity contribution in [2.75, 3.05) is 31.1 Å². The standard InChI is InChI=1S/C24H30N4O3S2/c1-14-8-15(2)12-27(11-14)21-18(16(3)19(10-25)22(29)26(21)4)9-20-23(30)28(24(32)33-20)13-17-6-5-7-31-17/h9,14-15,17H,5-8,11-13H2,1-4H3. The molecule has 3 aliphatic heterocycles. The summed E-state index contributed by atoms with van der Waals surface area (Å²) < 4.78 is 7.78. The summed E-state index contributed by atoms with van der Waals surface area (Å²) in [6.45, 7) is 9.05. The first kappa shape index (κ1) is 24.0. The summed E-state index contributed by atoms with van der Waals surface area (Å²) in [6.07, 6.45) is 4.90. The van der Waals surface area contributed by atoms with Gasteiger partial charge in [-0.1, -0.05) is 37.8 Å². The van der Waals surface area contributed by atoms with Gasteiger partial charge in [0.05, 0.1) is 17.6 Å². The highest BCUT2D eigenvalue weighted by molar-refractivity contribution is 8.26. The molecule has 3 saturated heterocycles. The first-order chi connectivity index (χ1) is 15.7. The molecule has 1 aromatic rings. The number of nitriles is 1. The van der Waals surface area contributed by atoms with E-state index in [2.05, 4.69) is 24.8 Å². The van der Waals surface area contributed by atoms with Crippen LogP contribution in [0.15, 0.2) is 9.70 Å². The van der Waals surface area contributed by atoms with Crippen molar-refractivity contribution in [3.8, 4) is 6.07 Å². The predicted molar refractivity (Wildman–Crippen MR) is 135 cm³/mol. The maximum atomic E-state index is 13.3. The van der Waals surface area contributed by atoms with E-state index in [0.717, 1.165) is 50.3 Å². The summed E-state index contributed by atoms with van der Waals surface area (Å²) in [7, 11) is 1.71. The van der Waals surface area contributed by atoms with E-state index in [9.17, 15) is 14.9 Å². The van der Waals surface area contributed by atoms with E-state index in [-0.39, 0.29) is 23.1 Å². The SMILES string of the molecule is Cc1c(C=C2SC(=S)N(CC3CCCO3)C2=O)c(N2CC(C)CC(C)C2)n(C)c(=O)c1C#N. The number of hydrogen-bond acceptors (Lipinski definition) is 7. The molecule has 7 nitrogen and oxygen atoms in total. The average Bonchev–Trinajstić information content (AvgIpc) is 3.36. The molecule has 0 spiro atoms. The molecule has 3 aliphatic rings. The van der Waals surface area contributed by atoms with Gasteiger partial charge in [-0.2, -0.15) is 5.26 Å². The zero-order chi connectivity index (χ0) is 23.9. The Morgan fingerprint density at radius 1 is 1.27 bits per heavy atom. The number of pyridine rings is 1. The van der Waals surface area contributed by atoms with Gasteiger partial charge < -0.3 is 9.64 Å². The lowest BCUT2D eigenvalue weighted by Crippen LogP contribution is -2.42. The van der Waals surface area contributed by atoms with E-state index in [1.165, 1.54) is 11.8 Å². The number of thioether (sulfide) groups is 1. The molecule has 1 aromatic heterocycles. The lowest BCUT2D eigenvalue weighted by molar-refractivity contribution is -0.123. The quantitative estimate of drug-likeness (QED) is 0.477. The van der Waals surface area contributed by atoms with Gasteiger partial charge in [0.2, 0.25) is 0 Å². The Kier molecular flexibility index (Phi) is 6.99. The highest BCUT2D eigenvalue weighted by Gasteiger charge is 2.36. The number of ether oxygens (including phenoxy) is 1. The molecule has 4 heterocycles. The van der Waals surface area contributed by atoms with Crippen LogP contribution in [0.1, 0.15) is 49.8 Å². The van der Waals surface area contributed by atoms with Gasteiger partial charge >= 0.3 is 0 Å². The maximum absolute atomic E-state index is 13.3. The summed E-state index contributed by atoms with van der Waals surface area (Å²) in [5.41, 5.74) is 1.15. The smallest absolute Gasteiger partial charge is 0.270 e. The van der Waals surface area contributed by atoms with Crippen molar-refractivity contribution in [1.29, 1.82) is 5.26 Å². The van der Waals surface area contributed by atoms with Crippen LogP contribution in [-0.2, 0) is 16.6 Å². The van der Waals surface area contributed by atoms with E-state index in [1.807, 2.05) is 6.08 Å². The lowest BCUT2D eigenvalue weighted by Gasteiger charge is -2.38. The molecule has 4 rings (SSSR count).